The number of methoxy groups -OCH3 is 1. The number of aromatic nitrogens is 4. The number of halogens is 1. The van der Waals surface area contributed by atoms with Crippen molar-refractivity contribution in [2.24, 2.45) is 0 Å². The number of carbonyl (C=O) groups excluding carboxylic acids is 2. The van der Waals surface area contributed by atoms with Gasteiger partial charge in [0.25, 0.3) is 0 Å². The van der Waals surface area contributed by atoms with E-state index < -0.39 is 5.97 Å². The number of thioether (sulfide) groups is 1. The van der Waals surface area contributed by atoms with Gasteiger partial charge in [0.1, 0.15) is 16.4 Å². The van der Waals surface area contributed by atoms with Gasteiger partial charge in [0.05, 0.1) is 24.1 Å². The predicted octanol–water partition coefficient (Wildman–Crippen LogP) is 7.57. The van der Waals surface area contributed by atoms with Crippen LogP contribution in [0.3, 0.4) is 0 Å². The zero-order valence-electron chi connectivity index (χ0n) is 23.8. The Morgan fingerprint density at radius 1 is 0.955 bits per heavy atom. The van der Waals surface area contributed by atoms with Crippen molar-refractivity contribution in [3.63, 3.8) is 0 Å². The third-order valence-corrected chi connectivity index (χ3v) is 8.84. The van der Waals surface area contributed by atoms with Crippen LogP contribution in [0.1, 0.15) is 17.3 Å². The molecule has 3 aromatic heterocycles. The highest BCUT2D eigenvalue weighted by molar-refractivity contribution is 7.99. The molecule has 1 N–H and O–H groups in total. The molecule has 44 heavy (non-hydrogen) atoms. The highest BCUT2D eigenvalue weighted by atomic mass is 32.2. The van der Waals surface area contributed by atoms with Gasteiger partial charge < -0.3 is 14.6 Å². The molecule has 6 aromatic rings. The number of nitrogens with one attached hydrogen (secondary N) is 1. The van der Waals surface area contributed by atoms with Gasteiger partial charge in [-0.25, -0.2) is 14.2 Å². The smallest absolute Gasteiger partial charge is 0.341 e. The zero-order chi connectivity index (χ0) is 30.6. The summed E-state index contributed by atoms with van der Waals surface area (Å²) in [6.07, 6.45) is 0. The molecule has 0 saturated carbocycles. The summed E-state index contributed by atoms with van der Waals surface area (Å²) in [5.41, 5.74) is 4.99. The summed E-state index contributed by atoms with van der Waals surface area (Å²) in [6.45, 7) is 2.59. The minimum absolute atomic E-state index is 0.0366. The summed E-state index contributed by atoms with van der Waals surface area (Å²) in [7, 11) is 1.28. The monoisotopic (exact) mass is 623 g/mol. The number of hydrogen-bond donors (Lipinski definition) is 1. The van der Waals surface area contributed by atoms with Crippen molar-refractivity contribution >= 4 is 50.9 Å². The molecule has 3 heterocycles. The number of para-hydroxylation sites is 1. The number of pyridine rings is 1. The van der Waals surface area contributed by atoms with Crippen LogP contribution in [0.4, 0.5) is 9.39 Å². The summed E-state index contributed by atoms with van der Waals surface area (Å²) in [5, 5.41) is 15.5. The van der Waals surface area contributed by atoms with Gasteiger partial charge in [0.15, 0.2) is 11.0 Å². The largest absolute Gasteiger partial charge is 0.465 e. The van der Waals surface area contributed by atoms with E-state index in [0.29, 0.717) is 33.7 Å². The van der Waals surface area contributed by atoms with Gasteiger partial charge in [0, 0.05) is 34.0 Å². The van der Waals surface area contributed by atoms with Crippen LogP contribution in [0.5, 0.6) is 0 Å². The molecule has 11 heteroatoms. The summed E-state index contributed by atoms with van der Waals surface area (Å²) < 4.78 is 20.4. The topological polar surface area (TPSA) is 99.0 Å². The Morgan fingerprint density at radius 3 is 2.45 bits per heavy atom. The number of fused-ring (bicyclic) bond motifs is 1. The minimum atomic E-state index is -0.594. The highest BCUT2D eigenvalue weighted by Crippen LogP contribution is 2.37. The van der Waals surface area contributed by atoms with E-state index >= 15 is 0 Å². The van der Waals surface area contributed by atoms with Crippen LogP contribution in [-0.2, 0) is 16.1 Å². The Kier molecular flexibility index (Phi) is 8.49. The number of carbonyl (C=O) groups is 2. The van der Waals surface area contributed by atoms with E-state index in [1.807, 2.05) is 72.2 Å². The van der Waals surface area contributed by atoms with Crippen molar-refractivity contribution in [1.82, 2.24) is 19.7 Å². The third kappa shape index (κ3) is 5.84. The van der Waals surface area contributed by atoms with Crippen LogP contribution in [0.2, 0.25) is 0 Å². The summed E-state index contributed by atoms with van der Waals surface area (Å²) in [6, 6.07) is 25.7. The molecule has 0 aliphatic carbocycles. The number of thiophene rings is 1. The predicted molar refractivity (Wildman–Crippen MR) is 172 cm³/mol. The van der Waals surface area contributed by atoms with Crippen molar-refractivity contribution in [1.29, 1.82) is 0 Å². The second kappa shape index (κ2) is 12.8. The number of benzene rings is 3. The van der Waals surface area contributed by atoms with Crippen LogP contribution in [0, 0.1) is 5.82 Å². The molecule has 3 aromatic carbocycles. The lowest BCUT2D eigenvalue weighted by Gasteiger charge is -2.12. The number of rotatable bonds is 9. The van der Waals surface area contributed by atoms with Gasteiger partial charge >= 0.3 is 5.97 Å². The van der Waals surface area contributed by atoms with Crippen molar-refractivity contribution < 1.29 is 18.7 Å². The summed E-state index contributed by atoms with van der Waals surface area (Å²) in [4.78, 5) is 30.7. The fourth-order valence-corrected chi connectivity index (χ4v) is 6.66. The maximum absolute atomic E-state index is 13.5. The number of anilines is 1. The van der Waals surface area contributed by atoms with Gasteiger partial charge in [-0.1, -0.05) is 72.4 Å². The van der Waals surface area contributed by atoms with E-state index in [4.69, 9.17) is 9.72 Å². The fourth-order valence-electron chi connectivity index (χ4n) is 4.89. The van der Waals surface area contributed by atoms with Gasteiger partial charge in [-0.05, 0) is 36.8 Å². The van der Waals surface area contributed by atoms with E-state index in [0.717, 1.165) is 27.7 Å². The van der Waals surface area contributed by atoms with E-state index in [9.17, 15) is 14.0 Å². The Morgan fingerprint density at radius 2 is 1.70 bits per heavy atom. The maximum atomic E-state index is 13.5. The first-order chi connectivity index (χ1) is 21.5. The van der Waals surface area contributed by atoms with Gasteiger partial charge in [-0.15, -0.1) is 21.5 Å². The number of hydrogen-bond acceptors (Lipinski definition) is 8. The van der Waals surface area contributed by atoms with E-state index in [2.05, 4.69) is 15.5 Å². The quantitative estimate of drug-likeness (QED) is 0.131. The van der Waals surface area contributed by atoms with Gasteiger partial charge in [0.2, 0.25) is 5.91 Å². The minimum Gasteiger partial charge on any atom is -0.465 e. The molecule has 8 nitrogen and oxygen atoms in total. The summed E-state index contributed by atoms with van der Waals surface area (Å²) >= 11 is 2.46. The first-order valence-electron chi connectivity index (χ1n) is 13.7. The average Bonchev–Trinajstić information content (AvgIpc) is 3.67. The zero-order valence-corrected chi connectivity index (χ0v) is 25.4. The molecular formula is C33H26FN5O3S2. The van der Waals surface area contributed by atoms with Crippen molar-refractivity contribution in [2.75, 3.05) is 18.2 Å². The number of nitrogens with zero attached hydrogens (tertiary/aromatic N) is 4. The molecule has 220 valence electrons. The Hall–Kier alpha value is -4.87. The standard InChI is InChI=1S/C33H26FN5O3S2/c1-3-39-30(24-17-27(21-9-5-4-6-10-21)35-26-12-8-7-11-23(24)26)37-38-33(39)44-19-28(40)36-31-29(32(41)42-2)25(18-43-31)20-13-15-22(34)16-14-20/h4-18H,3,19H2,1-2H3,(H,36,40). The normalized spacial score (nSPS) is 11.1. The molecule has 0 spiro atoms. The highest BCUT2D eigenvalue weighted by Gasteiger charge is 2.23. The first kappa shape index (κ1) is 29.2. The second-order valence-corrected chi connectivity index (χ2v) is 11.5. The molecule has 0 saturated heterocycles. The van der Waals surface area contributed by atoms with E-state index in [1.165, 1.54) is 42.3 Å². The van der Waals surface area contributed by atoms with Crippen molar-refractivity contribution in [3.05, 3.63) is 102 Å². The molecule has 0 atom stereocenters. The van der Waals surface area contributed by atoms with Crippen LogP contribution in [0.25, 0.3) is 44.7 Å². The summed E-state index contributed by atoms with van der Waals surface area (Å²) in [5.74, 6) is -0.578. The SMILES string of the molecule is CCn1c(SCC(=O)Nc2scc(-c3ccc(F)cc3)c2C(=O)OC)nnc1-c1cc(-c2ccccc2)nc2ccccc12. The Labute approximate surface area is 260 Å². The van der Waals surface area contributed by atoms with Crippen molar-refractivity contribution in [2.45, 2.75) is 18.6 Å². The Bertz CT molecular complexity index is 1970. The maximum Gasteiger partial charge on any atom is 0.341 e. The van der Waals surface area contributed by atoms with Crippen LogP contribution < -0.4 is 5.32 Å². The lowest BCUT2D eigenvalue weighted by atomic mass is 10.0. The third-order valence-electron chi connectivity index (χ3n) is 6.98. The number of ether oxygens (including phenoxy) is 1. The van der Waals surface area contributed by atoms with Crippen LogP contribution in [0.15, 0.2) is 95.5 Å². The first-order valence-corrected chi connectivity index (χ1v) is 15.6. The molecule has 0 bridgehead atoms. The van der Waals surface area contributed by atoms with E-state index in [1.54, 1.807) is 17.5 Å². The molecule has 0 fully saturated rings. The lowest BCUT2D eigenvalue weighted by molar-refractivity contribution is -0.113. The molecule has 6 rings (SSSR count). The molecule has 0 aliphatic heterocycles. The molecular weight excluding hydrogens is 598 g/mol. The molecule has 1 amide bonds. The number of esters is 1. The van der Waals surface area contributed by atoms with Gasteiger partial charge in [-0.3, -0.25) is 4.79 Å². The number of amides is 1. The van der Waals surface area contributed by atoms with Crippen molar-refractivity contribution in [3.8, 4) is 33.8 Å². The lowest BCUT2D eigenvalue weighted by Crippen LogP contribution is -2.16. The van der Waals surface area contributed by atoms with Crippen LogP contribution in [-0.4, -0.2) is 44.5 Å². The second-order valence-electron chi connectivity index (χ2n) is 9.68. The fraction of sp³-hybridized carbons (Fsp3) is 0.121. The van der Waals surface area contributed by atoms with Gasteiger partial charge in [-0.2, -0.15) is 0 Å². The van der Waals surface area contributed by atoms with Crippen LogP contribution >= 0.6 is 23.1 Å². The molecule has 0 unspecified atom stereocenters. The molecule has 0 aliphatic rings. The molecule has 0 radical (unpaired) electrons. The average molecular weight is 624 g/mol. The Balaban J connectivity index is 1.26. The van der Waals surface area contributed by atoms with E-state index in [-0.39, 0.29) is 23.0 Å².